The molecule has 1 atom stereocenters. The van der Waals surface area contributed by atoms with Crippen LogP contribution in [-0.4, -0.2) is 22.8 Å². The van der Waals surface area contributed by atoms with E-state index in [1.807, 2.05) is 19.2 Å². The van der Waals surface area contributed by atoms with Gasteiger partial charge in [0.15, 0.2) is 5.13 Å². The van der Waals surface area contributed by atoms with E-state index in [2.05, 4.69) is 10.3 Å². The van der Waals surface area contributed by atoms with Gasteiger partial charge >= 0.3 is 0 Å². The fraction of sp³-hybridized carbons (Fsp3) is 0.500. The van der Waals surface area contributed by atoms with E-state index in [1.54, 1.807) is 0 Å². The Balaban J connectivity index is 2.58. The number of hydrogen-bond donors (Lipinski definition) is 3. The molecule has 0 saturated carbocycles. The first-order chi connectivity index (χ1) is 7.90. The van der Waals surface area contributed by atoms with Gasteiger partial charge < -0.3 is 16.8 Å². The van der Waals surface area contributed by atoms with Gasteiger partial charge in [-0.2, -0.15) is 0 Å². The first-order valence-electron chi connectivity index (χ1n) is 5.20. The van der Waals surface area contributed by atoms with Crippen LogP contribution in [-0.2, 0) is 9.59 Å². The molecule has 6 nitrogen and oxygen atoms in total. The summed E-state index contributed by atoms with van der Waals surface area (Å²) in [5.41, 5.74) is 11.4. The maximum atomic E-state index is 11.5. The number of carbonyl (C=O) groups excluding carboxylic acids is 2. The molecule has 1 aromatic rings. The lowest BCUT2D eigenvalue weighted by atomic mass is 10.2. The third-order valence-corrected chi connectivity index (χ3v) is 2.88. The van der Waals surface area contributed by atoms with Crippen molar-refractivity contribution in [2.24, 2.45) is 11.5 Å². The van der Waals surface area contributed by atoms with Crippen molar-refractivity contribution in [3.8, 4) is 0 Å². The Morgan fingerprint density at radius 2 is 2.18 bits per heavy atom. The molecule has 0 fully saturated rings. The van der Waals surface area contributed by atoms with Gasteiger partial charge in [0.05, 0.1) is 18.2 Å². The van der Waals surface area contributed by atoms with Crippen LogP contribution in [0.1, 0.15) is 31.9 Å². The van der Waals surface area contributed by atoms with Crippen molar-refractivity contribution < 1.29 is 9.59 Å². The summed E-state index contributed by atoms with van der Waals surface area (Å²) in [6.45, 7) is 4.03. The number of hydrogen-bond acceptors (Lipinski definition) is 5. The summed E-state index contributed by atoms with van der Waals surface area (Å²) in [6, 6.07) is -0.932. The molecular weight excluding hydrogens is 240 g/mol. The number of nitrogens with two attached hydrogens (primary N) is 2. The average molecular weight is 256 g/mol. The molecule has 1 aromatic heterocycles. The van der Waals surface area contributed by atoms with Crippen LogP contribution in [0.2, 0.25) is 0 Å². The van der Waals surface area contributed by atoms with E-state index >= 15 is 0 Å². The minimum Gasteiger partial charge on any atom is -0.370 e. The fourth-order valence-corrected chi connectivity index (χ4v) is 1.99. The van der Waals surface area contributed by atoms with E-state index in [1.165, 1.54) is 11.3 Å². The quantitative estimate of drug-likeness (QED) is 0.708. The van der Waals surface area contributed by atoms with Gasteiger partial charge in [0, 0.05) is 5.38 Å². The predicted molar refractivity (Wildman–Crippen MR) is 66.6 cm³/mol. The summed E-state index contributed by atoms with van der Waals surface area (Å²) >= 11 is 1.33. The number of amides is 2. The smallest absolute Gasteiger partial charge is 0.243 e. The number of thiazole rings is 1. The second-order valence-electron chi connectivity index (χ2n) is 4.00. The highest BCUT2D eigenvalue weighted by Crippen LogP contribution is 2.21. The summed E-state index contributed by atoms with van der Waals surface area (Å²) in [5, 5.41) is 4.92. The summed E-state index contributed by atoms with van der Waals surface area (Å²) in [4.78, 5) is 26.4. The monoisotopic (exact) mass is 256 g/mol. The highest BCUT2D eigenvalue weighted by atomic mass is 32.1. The van der Waals surface area contributed by atoms with E-state index in [0.29, 0.717) is 11.0 Å². The van der Waals surface area contributed by atoms with E-state index in [0.717, 1.165) is 5.69 Å². The Labute approximate surface area is 103 Å². The molecule has 0 unspecified atom stereocenters. The number of carbonyl (C=O) groups is 2. The molecule has 0 saturated heterocycles. The van der Waals surface area contributed by atoms with Crippen molar-refractivity contribution in [3.05, 3.63) is 11.1 Å². The van der Waals surface area contributed by atoms with Gasteiger partial charge in [0.2, 0.25) is 11.8 Å². The molecule has 0 radical (unpaired) electrons. The highest BCUT2D eigenvalue weighted by Gasteiger charge is 2.17. The summed E-state index contributed by atoms with van der Waals surface area (Å²) in [6.07, 6.45) is -0.172. The van der Waals surface area contributed by atoms with Crippen LogP contribution < -0.4 is 16.8 Å². The minimum atomic E-state index is -0.932. The largest absolute Gasteiger partial charge is 0.370 e. The van der Waals surface area contributed by atoms with E-state index in [4.69, 9.17) is 11.5 Å². The van der Waals surface area contributed by atoms with Crippen LogP contribution >= 0.6 is 11.3 Å². The second-order valence-corrected chi connectivity index (χ2v) is 4.86. The van der Waals surface area contributed by atoms with Gasteiger partial charge in [-0.05, 0) is 5.92 Å². The zero-order valence-electron chi connectivity index (χ0n) is 9.77. The number of anilines is 1. The van der Waals surface area contributed by atoms with Crippen molar-refractivity contribution in [2.45, 2.75) is 32.2 Å². The molecule has 0 bridgehead atoms. The van der Waals surface area contributed by atoms with Gasteiger partial charge in [0.1, 0.15) is 0 Å². The van der Waals surface area contributed by atoms with Gasteiger partial charge in [-0.15, -0.1) is 11.3 Å². The first-order valence-corrected chi connectivity index (χ1v) is 6.08. The highest BCUT2D eigenvalue weighted by molar-refractivity contribution is 7.13. The SMILES string of the molecule is CC(C)c1csc(NC(=O)[C@@H](N)CC(N)=O)n1. The molecule has 0 aliphatic rings. The van der Waals surface area contributed by atoms with E-state index in [9.17, 15) is 9.59 Å². The summed E-state index contributed by atoms with van der Waals surface area (Å²) in [7, 11) is 0. The Hall–Kier alpha value is -1.47. The van der Waals surface area contributed by atoms with Crippen LogP contribution in [0.3, 0.4) is 0 Å². The molecule has 0 spiro atoms. The van der Waals surface area contributed by atoms with Crippen molar-refractivity contribution in [1.29, 1.82) is 0 Å². The first kappa shape index (κ1) is 13.6. The van der Waals surface area contributed by atoms with Crippen LogP contribution in [0.25, 0.3) is 0 Å². The topological polar surface area (TPSA) is 111 Å². The molecule has 94 valence electrons. The zero-order chi connectivity index (χ0) is 13.0. The van der Waals surface area contributed by atoms with E-state index in [-0.39, 0.29) is 6.42 Å². The van der Waals surface area contributed by atoms with Gasteiger partial charge in [0.25, 0.3) is 0 Å². The molecule has 2 amide bonds. The summed E-state index contributed by atoms with van der Waals surface area (Å²) < 4.78 is 0. The minimum absolute atomic E-state index is 0.172. The van der Waals surface area contributed by atoms with Crippen molar-refractivity contribution >= 4 is 28.3 Å². The Morgan fingerprint density at radius 3 is 2.65 bits per heavy atom. The molecule has 7 heteroatoms. The third-order valence-electron chi connectivity index (χ3n) is 2.10. The lowest BCUT2D eigenvalue weighted by Crippen LogP contribution is -2.38. The maximum absolute atomic E-state index is 11.5. The molecule has 5 N–H and O–H groups in total. The fourth-order valence-electron chi connectivity index (χ4n) is 1.12. The Bertz CT molecular complexity index is 416. The molecule has 0 aromatic carbocycles. The number of primary amides is 1. The molecule has 0 aliphatic heterocycles. The van der Waals surface area contributed by atoms with Crippen LogP contribution in [0.15, 0.2) is 5.38 Å². The van der Waals surface area contributed by atoms with Crippen LogP contribution in [0.5, 0.6) is 0 Å². The lowest BCUT2D eigenvalue weighted by molar-refractivity contribution is -0.123. The van der Waals surface area contributed by atoms with Crippen molar-refractivity contribution in [1.82, 2.24) is 4.98 Å². The Morgan fingerprint density at radius 1 is 1.53 bits per heavy atom. The summed E-state index contributed by atoms with van der Waals surface area (Å²) in [5.74, 6) is -0.751. The van der Waals surface area contributed by atoms with Crippen molar-refractivity contribution in [3.63, 3.8) is 0 Å². The molecule has 17 heavy (non-hydrogen) atoms. The number of rotatable bonds is 5. The number of nitrogens with zero attached hydrogens (tertiary/aromatic N) is 1. The van der Waals surface area contributed by atoms with Crippen LogP contribution in [0, 0.1) is 0 Å². The lowest BCUT2D eigenvalue weighted by Gasteiger charge is -2.08. The van der Waals surface area contributed by atoms with E-state index < -0.39 is 17.9 Å². The van der Waals surface area contributed by atoms with Gasteiger partial charge in [-0.1, -0.05) is 13.8 Å². The molecule has 1 heterocycles. The molecule has 1 rings (SSSR count). The van der Waals surface area contributed by atoms with Gasteiger partial charge in [-0.25, -0.2) is 4.98 Å². The molecular formula is C10H16N4O2S. The average Bonchev–Trinajstić information content (AvgIpc) is 2.65. The number of aromatic nitrogens is 1. The standard InChI is InChI=1S/C10H16N4O2S/c1-5(2)7-4-17-10(13-7)14-9(16)6(11)3-8(12)15/h4-6H,3,11H2,1-2H3,(H2,12,15)(H,13,14,16)/t6-/m0/s1. The van der Waals surface area contributed by atoms with Crippen LogP contribution in [0.4, 0.5) is 5.13 Å². The van der Waals surface area contributed by atoms with Crippen molar-refractivity contribution in [2.75, 3.05) is 5.32 Å². The predicted octanol–water partition coefficient (Wildman–Crippen LogP) is 0.408. The van der Waals surface area contributed by atoms with Gasteiger partial charge in [-0.3, -0.25) is 9.59 Å². The zero-order valence-corrected chi connectivity index (χ0v) is 10.6. The second kappa shape index (κ2) is 5.74. The third kappa shape index (κ3) is 4.12. The Kier molecular flexibility index (Phi) is 4.59. The molecule has 0 aliphatic carbocycles. The maximum Gasteiger partial charge on any atom is 0.243 e. The normalized spacial score (nSPS) is 12.5. The number of nitrogens with one attached hydrogen (secondary N) is 1.